The van der Waals surface area contributed by atoms with E-state index in [2.05, 4.69) is 31.0 Å². The standard InChI is InChI=1S/C10H19N/c1-4-6-7-8-11-9-10(3)5-2/h4,6,11H,3,5,7-9H2,1-2H3/b6-4+. The van der Waals surface area contributed by atoms with E-state index in [1.54, 1.807) is 0 Å². The predicted molar refractivity (Wildman–Crippen MR) is 51.7 cm³/mol. The van der Waals surface area contributed by atoms with Gasteiger partial charge in [-0.25, -0.2) is 0 Å². The van der Waals surface area contributed by atoms with Crippen molar-refractivity contribution in [3.63, 3.8) is 0 Å². The molecule has 0 amide bonds. The highest BCUT2D eigenvalue weighted by molar-refractivity contribution is 4.95. The van der Waals surface area contributed by atoms with Gasteiger partial charge in [-0.15, -0.1) is 0 Å². The lowest BCUT2D eigenvalue weighted by molar-refractivity contribution is 0.727. The minimum atomic E-state index is 0.966. The summed E-state index contributed by atoms with van der Waals surface area (Å²) in [5.74, 6) is 0. The molecule has 0 aliphatic heterocycles. The zero-order valence-corrected chi connectivity index (χ0v) is 7.69. The van der Waals surface area contributed by atoms with Gasteiger partial charge in [-0.1, -0.05) is 31.2 Å². The third-order valence-electron chi connectivity index (χ3n) is 1.60. The summed E-state index contributed by atoms with van der Waals surface area (Å²) in [6.45, 7) is 10.1. The molecule has 0 aromatic rings. The van der Waals surface area contributed by atoms with Gasteiger partial charge in [0, 0.05) is 6.54 Å². The van der Waals surface area contributed by atoms with Crippen LogP contribution in [0.2, 0.25) is 0 Å². The molecular formula is C10H19N. The summed E-state index contributed by atoms with van der Waals surface area (Å²) in [5, 5.41) is 3.32. The van der Waals surface area contributed by atoms with E-state index in [0.29, 0.717) is 0 Å². The maximum absolute atomic E-state index is 3.91. The summed E-state index contributed by atoms with van der Waals surface area (Å²) in [4.78, 5) is 0. The third-order valence-corrected chi connectivity index (χ3v) is 1.60. The van der Waals surface area contributed by atoms with Gasteiger partial charge in [-0.3, -0.25) is 0 Å². The summed E-state index contributed by atoms with van der Waals surface area (Å²) < 4.78 is 0. The van der Waals surface area contributed by atoms with Gasteiger partial charge in [0.05, 0.1) is 0 Å². The number of nitrogens with one attached hydrogen (secondary N) is 1. The molecule has 0 saturated heterocycles. The van der Waals surface area contributed by atoms with E-state index in [1.165, 1.54) is 5.57 Å². The Morgan fingerprint density at radius 3 is 2.82 bits per heavy atom. The van der Waals surface area contributed by atoms with E-state index < -0.39 is 0 Å². The smallest absolute Gasteiger partial charge is 0.0161 e. The molecule has 1 heteroatoms. The normalized spacial score (nSPS) is 10.7. The van der Waals surface area contributed by atoms with Gasteiger partial charge in [-0.2, -0.15) is 0 Å². The number of hydrogen-bond donors (Lipinski definition) is 1. The molecular weight excluding hydrogens is 134 g/mol. The van der Waals surface area contributed by atoms with Gasteiger partial charge >= 0.3 is 0 Å². The van der Waals surface area contributed by atoms with Crippen molar-refractivity contribution in [3.05, 3.63) is 24.3 Å². The molecule has 0 atom stereocenters. The lowest BCUT2D eigenvalue weighted by atomic mass is 10.2. The molecule has 0 fully saturated rings. The highest BCUT2D eigenvalue weighted by atomic mass is 14.8. The molecule has 1 nitrogen and oxygen atoms in total. The zero-order valence-electron chi connectivity index (χ0n) is 7.69. The van der Waals surface area contributed by atoms with Crippen molar-refractivity contribution in [2.45, 2.75) is 26.7 Å². The number of rotatable bonds is 6. The average Bonchev–Trinajstić information content (AvgIpc) is 2.04. The van der Waals surface area contributed by atoms with Crippen LogP contribution in [0.15, 0.2) is 24.3 Å². The first-order chi connectivity index (χ1) is 5.31. The topological polar surface area (TPSA) is 12.0 Å². The van der Waals surface area contributed by atoms with Crippen LogP contribution in [0.5, 0.6) is 0 Å². The van der Waals surface area contributed by atoms with E-state index in [1.807, 2.05) is 6.92 Å². The van der Waals surface area contributed by atoms with Crippen molar-refractivity contribution in [3.8, 4) is 0 Å². The molecule has 64 valence electrons. The van der Waals surface area contributed by atoms with Crippen molar-refractivity contribution in [1.29, 1.82) is 0 Å². The fourth-order valence-corrected chi connectivity index (χ4v) is 0.742. The fraction of sp³-hybridized carbons (Fsp3) is 0.600. The molecule has 1 N–H and O–H groups in total. The first kappa shape index (κ1) is 10.4. The fourth-order valence-electron chi connectivity index (χ4n) is 0.742. The van der Waals surface area contributed by atoms with Crippen LogP contribution in [0.25, 0.3) is 0 Å². The van der Waals surface area contributed by atoms with Crippen LogP contribution in [0.1, 0.15) is 26.7 Å². The Morgan fingerprint density at radius 1 is 1.55 bits per heavy atom. The van der Waals surface area contributed by atoms with Gasteiger partial charge in [-0.05, 0) is 26.3 Å². The first-order valence-electron chi connectivity index (χ1n) is 4.29. The largest absolute Gasteiger partial charge is 0.313 e. The minimum absolute atomic E-state index is 0.966. The molecule has 0 aromatic heterocycles. The summed E-state index contributed by atoms with van der Waals surface area (Å²) in [5.41, 5.74) is 1.28. The Morgan fingerprint density at radius 2 is 2.27 bits per heavy atom. The monoisotopic (exact) mass is 153 g/mol. The predicted octanol–water partition coefficient (Wildman–Crippen LogP) is 2.51. The molecule has 0 radical (unpaired) electrons. The first-order valence-corrected chi connectivity index (χ1v) is 4.29. The van der Waals surface area contributed by atoms with Crippen LogP contribution >= 0.6 is 0 Å². The second kappa shape index (κ2) is 7.55. The lowest BCUT2D eigenvalue weighted by Gasteiger charge is -2.02. The van der Waals surface area contributed by atoms with Crippen LogP contribution in [0.4, 0.5) is 0 Å². The van der Waals surface area contributed by atoms with Gasteiger partial charge in [0.15, 0.2) is 0 Å². The summed E-state index contributed by atoms with van der Waals surface area (Å²) >= 11 is 0. The summed E-state index contributed by atoms with van der Waals surface area (Å²) in [7, 11) is 0. The van der Waals surface area contributed by atoms with E-state index in [4.69, 9.17) is 0 Å². The number of allylic oxidation sites excluding steroid dienone is 1. The summed E-state index contributed by atoms with van der Waals surface area (Å²) in [6.07, 6.45) is 6.45. The molecule has 0 rings (SSSR count). The Bertz CT molecular complexity index is 125. The molecule has 11 heavy (non-hydrogen) atoms. The van der Waals surface area contributed by atoms with Crippen molar-refractivity contribution >= 4 is 0 Å². The quantitative estimate of drug-likeness (QED) is 0.456. The molecule has 0 spiro atoms. The molecule has 0 aliphatic rings. The molecule has 0 heterocycles. The second-order valence-electron chi connectivity index (χ2n) is 2.64. The molecule has 0 bridgehead atoms. The van der Waals surface area contributed by atoms with Gasteiger partial charge in [0.2, 0.25) is 0 Å². The zero-order chi connectivity index (χ0) is 8.53. The van der Waals surface area contributed by atoms with Gasteiger partial charge in [0.1, 0.15) is 0 Å². The molecule has 0 aliphatic carbocycles. The van der Waals surface area contributed by atoms with Gasteiger partial charge < -0.3 is 5.32 Å². The molecule has 0 unspecified atom stereocenters. The second-order valence-corrected chi connectivity index (χ2v) is 2.64. The van der Waals surface area contributed by atoms with E-state index in [9.17, 15) is 0 Å². The van der Waals surface area contributed by atoms with Gasteiger partial charge in [0.25, 0.3) is 0 Å². The highest BCUT2D eigenvalue weighted by Crippen LogP contribution is 1.92. The van der Waals surface area contributed by atoms with Crippen LogP contribution in [-0.2, 0) is 0 Å². The van der Waals surface area contributed by atoms with Crippen molar-refractivity contribution in [2.75, 3.05) is 13.1 Å². The van der Waals surface area contributed by atoms with Crippen LogP contribution in [0, 0.1) is 0 Å². The number of hydrogen-bond acceptors (Lipinski definition) is 1. The lowest BCUT2D eigenvalue weighted by Crippen LogP contribution is -2.17. The minimum Gasteiger partial charge on any atom is -0.313 e. The van der Waals surface area contributed by atoms with E-state index >= 15 is 0 Å². The Balaban J connectivity index is 3.08. The maximum Gasteiger partial charge on any atom is 0.0161 e. The van der Waals surface area contributed by atoms with Crippen LogP contribution < -0.4 is 5.32 Å². The van der Waals surface area contributed by atoms with E-state index in [-0.39, 0.29) is 0 Å². The van der Waals surface area contributed by atoms with Crippen LogP contribution in [-0.4, -0.2) is 13.1 Å². The van der Waals surface area contributed by atoms with Crippen molar-refractivity contribution in [1.82, 2.24) is 5.32 Å². The van der Waals surface area contributed by atoms with E-state index in [0.717, 1.165) is 25.9 Å². The average molecular weight is 153 g/mol. The third kappa shape index (κ3) is 7.34. The molecule has 0 saturated carbocycles. The summed E-state index contributed by atoms with van der Waals surface area (Å²) in [6, 6.07) is 0. The molecule has 0 aromatic carbocycles. The van der Waals surface area contributed by atoms with Crippen molar-refractivity contribution < 1.29 is 0 Å². The Labute approximate surface area is 70.2 Å². The maximum atomic E-state index is 3.91. The highest BCUT2D eigenvalue weighted by Gasteiger charge is 1.87. The SMILES string of the molecule is C=C(CC)CNCC/C=C/C. The Hall–Kier alpha value is -0.560. The van der Waals surface area contributed by atoms with Crippen LogP contribution in [0.3, 0.4) is 0 Å². The van der Waals surface area contributed by atoms with Crippen molar-refractivity contribution in [2.24, 2.45) is 0 Å². The Kier molecular flexibility index (Phi) is 7.16.